The average molecular weight is 591 g/mol. The molecule has 9 heteroatoms. The van der Waals surface area contributed by atoms with Gasteiger partial charge in [0.1, 0.15) is 13.2 Å². The van der Waals surface area contributed by atoms with Gasteiger partial charge in [0.15, 0.2) is 0 Å². The van der Waals surface area contributed by atoms with Crippen LogP contribution in [0, 0.1) is 0 Å². The highest BCUT2D eigenvalue weighted by Gasteiger charge is 2.23. The lowest BCUT2D eigenvalue weighted by Gasteiger charge is -2.29. The van der Waals surface area contributed by atoms with Crippen molar-refractivity contribution in [1.29, 1.82) is 0 Å². The number of nitrogens with zero attached hydrogens (tertiary/aromatic N) is 1. The van der Waals surface area contributed by atoms with E-state index in [4.69, 9.17) is 9.05 Å². The molecule has 0 bridgehead atoms. The number of amides is 1. The Hall–Kier alpha value is -0.760. The molecule has 0 rings (SSSR count). The van der Waals surface area contributed by atoms with Gasteiger partial charge in [-0.05, 0) is 12.8 Å². The van der Waals surface area contributed by atoms with Gasteiger partial charge in [0.25, 0.3) is 7.82 Å². The first kappa shape index (κ1) is 39.2. The minimum absolute atomic E-state index is 0.000542. The molecule has 3 atom stereocenters. The fourth-order valence-electron chi connectivity index (χ4n) is 4.33. The Morgan fingerprint density at radius 1 is 0.850 bits per heavy atom. The van der Waals surface area contributed by atoms with Crippen molar-refractivity contribution in [2.75, 3.05) is 40.9 Å². The number of allylic oxidation sites excluding steroid dienone is 1. The van der Waals surface area contributed by atoms with Crippen molar-refractivity contribution in [2.24, 2.45) is 0 Å². The van der Waals surface area contributed by atoms with Gasteiger partial charge in [0.2, 0.25) is 5.91 Å². The lowest BCUT2D eigenvalue weighted by molar-refractivity contribution is -0.870. The van der Waals surface area contributed by atoms with Crippen LogP contribution in [0.4, 0.5) is 0 Å². The standard InChI is InChI=1S/C31H63N2O6P/c1-6-8-10-11-12-13-14-15-16-17-18-19-20-21-23-25-31(35)32-29(30(34)24-22-9-7-2)28-39-40(36,37)38-27-26-33(3,4)5/h22,24,29-30,34H,6-21,23,25-28H2,1-5H3,(H-,32,35,36,37)/b24-22+. The van der Waals surface area contributed by atoms with Crippen LogP contribution in [0.3, 0.4) is 0 Å². The molecule has 0 heterocycles. The molecular formula is C31H63N2O6P. The highest BCUT2D eigenvalue weighted by Crippen LogP contribution is 2.38. The Labute approximate surface area is 246 Å². The third kappa shape index (κ3) is 26.2. The zero-order chi connectivity index (χ0) is 30.1. The van der Waals surface area contributed by atoms with E-state index in [9.17, 15) is 19.4 Å². The lowest BCUT2D eigenvalue weighted by atomic mass is 10.0. The maximum Gasteiger partial charge on any atom is 0.268 e. The second-order valence-corrected chi connectivity index (χ2v) is 13.6. The first-order valence-electron chi connectivity index (χ1n) is 16.1. The van der Waals surface area contributed by atoms with Crippen LogP contribution in [0.15, 0.2) is 12.2 Å². The van der Waals surface area contributed by atoms with E-state index in [0.717, 1.165) is 32.1 Å². The summed E-state index contributed by atoms with van der Waals surface area (Å²) in [6.07, 6.45) is 23.3. The molecule has 0 aliphatic rings. The van der Waals surface area contributed by atoms with Gasteiger partial charge in [-0.1, -0.05) is 122 Å². The summed E-state index contributed by atoms with van der Waals surface area (Å²) in [6, 6.07) is -0.874. The quantitative estimate of drug-likeness (QED) is 0.0457. The number of unbranched alkanes of at least 4 members (excludes halogenated alkanes) is 15. The van der Waals surface area contributed by atoms with Crippen LogP contribution in [0.1, 0.15) is 129 Å². The van der Waals surface area contributed by atoms with Crippen molar-refractivity contribution < 1.29 is 32.9 Å². The van der Waals surface area contributed by atoms with Gasteiger partial charge < -0.3 is 28.8 Å². The number of aliphatic hydroxyl groups is 1. The fraction of sp³-hybridized carbons (Fsp3) is 0.903. The highest BCUT2D eigenvalue weighted by molar-refractivity contribution is 7.45. The monoisotopic (exact) mass is 590 g/mol. The van der Waals surface area contributed by atoms with E-state index in [1.165, 1.54) is 77.0 Å². The topological polar surface area (TPSA) is 108 Å². The number of phosphoric acid groups is 1. The normalized spacial score (nSPS) is 15.3. The van der Waals surface area contributed by atoms with E-state index in [0.29, 0.717) is 17.4 Å². The number of hydrogen-bond donors (Lipinski definition) is 2. The van der Waals surface area contributed by atoms with E-state index in [-0.39, 0.29) is 19.1 Å². The average Bonchev–Trinajstić information content (AvgIpc) is 2.88. The number of carbonyl (C=O) groups is 1. The number of phosphoric ester groups is 1. The molecule has 0 saturated heterocycles. The van der Waals surface area contributed by atoms with Crippen molar-refractivity contribution >= 4 is 13.7 Å². The van der Waals surface area contributed by atoms with Gasteiger partial charge in [-0.2, -0.15) is 0 Å². The van der Waals surface area contributed by atoms with E-state index >= 15 is 0 Å². The Morgan fingerprint density at radius 3 is 1.82 bits per heavy atom. The summed E-state index contributed by atoms with van der Waals surface area (Å²) >= 11 is 0. The van der Waals surface area contributed by atoms with Crippen molar-refractivity contribution in [2.45, 2.75) is 142 Å². The summed E-state index contributed by atoms with van der Waals surface area (Å²) in [5.41, 5.74) is 0. The van der Waals surface area contributed by atoms with Crippen molar-refractivity contribution in [3.05, 3.63) is 12.2 Å². The number of rotatable bonds is 28. The number of nitrogens with one attached hydrogen (secondary N) is 1. The minimum atomic E-state index is -4.55. The van der Waals surface area contributed by atoms with Crippen LogP contribution in [0.5, 0.6) is 0 Å². The minimum Gasteiger partial charge on any atom is -0.756 e. The zero-order valence-electron chi connectivity index (χ0n) is 26.5. The predicted octanol–water partition coefficient (Wildman–Crippen LogP) is 6.66. The summed E-state index contributed by atoms with van der Waals surface area (Å²) in [7, 11) is 1.25. The van der Waals surface area contributed by atoms with Gasteiger partial charge in [-0.3, -0.25) is 9.36 Å². The van der Waals surface area contributed by atoms with Crippen LogP contribution in [-0.2, 0) is 18.4 Å². The van der Waals surface area contributed by atoms with Crippen LogP contribution in [-0.4, -0.2) is 68.5 Å². The fourth-order valence-corrected chi connectivity index (χ4v) is 5.06. The third-order valence-electron chi connectivity index (χ3n) is 6.98. The Balaban J connectivity index is 4.22. The molecule has 0 aliphatic heterocycles. The first-order valence-corrected chi connectivity index (χ1v) is 17.5. The molecule has 0 aromatic rings. The molecule has 3 unspecified atom stereocenters. The molecule has 40 heavy (non-hydrogen) atoms. The van der Waals surface area contributed by atoms with Crippen LogP contribution >= 0.6 is 7.82 Å². The van der Waals surface area contributed by atoms with Crippen molar-refractivity contribution in [3.63, 3.8) is 0 Å². The van der Waals surface area contributed by atoms with E-state index < -0.39 is 20.0 Å². The number of hydrogen-bond acceptors (Lipinski definition) is 6. The molecule has 8 nitrogen and oxygen atoms in total. The summed E-state index contributed by atoms with van der Waals surface area (Å²) in [5, 5.41) is 13.3. The van der Waals surface area contributed by atoms with E-state index in [1.54, 1.807) is 6.08 Å². The summed E-state index contributed by atoms with van der Waals surface area (Å²) < 4.78 is 22.7. The van der Waals surface area contributed by atoms with Gasteiger partial charge >= 0.3 is 0 Å². The maximum atomic E-state index is 12.5. The molecule has 1 amide bonds. The maximum absolute atomic E-state index is 12.5. The number of likely N-dealkylation sites (N-methyl/N-ethyl adjacent to an activating group) is 1. The molecule has 0 spiro atoms. The molecule has 0 aromatic carbocycles. The van der Waals surface area contributed by atoms with Crippen LogP contribution in [0.2, 0.25) is 0 Å². The van der Waals surface area contributed by atoms with Gasteiger partial charge in [-0.15, -0.1) is 0 Å². The molecule has 0 aromatic heterocycles. The third-order valence-corrected chi connectivity index (χ3v) is 7.94. The Kier molecular flexibility index (Phi) is 24.3. The molecule has 0 saturated carbocycles. The molecule has 0 radical (unpaired) electrons. The number of carbonyl (C=O) groups excluding carboxylic acids is 1. The van der Waals surface area contributed by atoms with Gasteiger partial charge in [0, 0.05) is 6.42 Å². The second kappa shape index (κ2) is 24.8. The second-order valence-electron chi connectivity index (χ2n) is 12.2. The summed E-state index contributed by atoms with van der Waals surface area (Å²) in [4.78, 5) is 24.7. The summed E-state index contributed by atoms with van der Waals surface area (Å²) in [5.74, 6) is -0.210. The Morgan fingerprint density at radius 2 is 1.35 bits per heavy atom. The molecule has 0 aliphatic carbocycles. The molecule has 2 N–H and O–H groups in total. The summed E-state index contributed by atoms with van der Waals surface area (Å²) in [6.45, 7) is 4.40. The SMILES string of the molecule is CCC/C=C/C(O)C(COP(=O)([O-])OCC[N+](C)(C)C)NC(=O)CCCCCCCCCCCCCCCCC. The molecule has 0 fully saturated rings. The van der Waals surface area contributed by atoms with Crippen molar-refractivity contribution in [3.8, 4) is 0 Å². The number of aliphatic hydroxyl groups excluding tert-OH is 1. The largest absolute Gasteiger partial charge is 0.756 e. The van der Waals surface area contributed by atoms with Gasteiger partial charge in [-0.25, -0.2) is 0 Å². The van der Waals surface area contributed by atoms with E-state index in [2.05, 4.69) is 12.2 Å². The lowest BCUT2D eigenvalue weighted by Crippen LogP contribution is -2.45. The molecule has 238 valence electrons. The smallest absolute Gasteiger partial charge is 0.268 e. The Bertz CT molecular complexity index is 683. The zero-order valence-corrected chi connectivity index (χ0v) is 27.4. The van der Waals surface area contributed by atoms with E-state index in [1.807, 2.05) is 34.1 Å². The number of quaternary nitrogens is 1. The first-order chi connectivity index (χ1) is 19.0. The highest BCUT2D eigenvalue weighted by atomic mass is 31.2. The van der Waals surface area contributed by atoms with Gasteiger partial charge in [0.05, 0.1) is 39.9 Å². The van der Waals surface area contributed by atoms with Crippen LogP contribution < -0.4 is 10.2 Å². The van der Waals surface area contributed by atoms with Crippen molar-refractivity contribution in [1.82, 2.24) is 5.32 Å². The predicted molar refractivity (Wildman–Crippen MR) is 164 cm³/mol. The van der Waals surface area contributed by atoms with Crippen LogP contribution in [0.25, 0.3) is 0 Å². The molecular weight excluding hydrogens is 527 g/mol.